The fourth-order valence-electron chi connectivity index (χ4n) is 0.386. The smallest absolute Gasteiger partial charge is 0.328 e. The van der Waals surface area contributed by atoms with Gasteiger partial charge in [-0.05, 0) is 0 Å². The van der Waals surface area contributed by atoms with Crippen LogP contribution in [0.4, 0.5) is 0 Å². The Bertz CT molecular complexity index is 160. The molecule has 0 aromatic rings. The van der Waals surface area contributed by atoms with E-state index in [2.05, 4.69) is 4.29 Å². The SMILES string of the molecule is CC(=O)SCC(C)C(=O)OCl. The number of hydrogen-bond acceptors (Lipinski definition) is 4. The van der Waals surface area contributed by atoms with Gasteiger partial charge in [0, 0.05) is 12.7 Å². The number of hydrogen-bond donors (Lipinski definition) is 0. The molecular formula is C6H9ClO3S. The standard InChI is InChI=1S/C6H9ClO3S/c1-4(6(9)10-7)3-11-5(2)8/h4H,3H2,1-2H3. The normalized spacial score (nSPS) is 12.3. The molecule has 0 saturated carbocycles. The van der Waals surface area contributed by atoms with E-state index in [4.69, 9.17) is 11.9 Å². The summed E-state index contributed by atoms with van der Waals surface area (Å²) in [6.07, 6.45) is 0. The molecule has 0 aromatic heterocycles. The largest absolute Gasteiger partial charge is 0.347 e. The second-order valence-corrected chi connectivity index (χ2v) is 3.45. The lowest BCUT2D eigenvalue weighted by Gasteiger charge is -2.03. The molecule has 0 fully saturated rings. The van der Waals surface area contributed by atoms with Gasteiger partial charge in [-0.25, -0.2) is 0 Å². The van der Waals surface area contributed by atoms with Crippen molar-refractivity contribution in [2.45, 2.75) is 13.8 Å². The molecule has 3 nitrogen and oxygen atoms in total. The Morgan fingerprint density at radius 3 is 2.55 bits per heavy atom. The van der Waals surface area contributed by atoms with Crippen LogP contribution < -0.4 is 0 Å². The first-order valence-electron chi connectivity index (χ1n) is 3.03. The van der Waals surface area contributed by atoms with Crippen molar-refractivity contribution in [1.29, 1.82) is 0 Å². The molecule has 0 rings (SSSR count). The van der Waals surface area contributed by atoms with Gasteiger partial charge in [0.2, 0.25) is 0 Å². The Hall–Kier alpha value is -0.220. The molecule has 0 aliphatic rings. The van der Waals surface area contributed by atoms with Gasteiger partial charge in [-0.3, -0.25) is 9.59 Å². The molecule has 0 spiro atoms. The van der Waals surface area contributed by atoms with E-state index >= 15 is 0 Å². The molecule has 0 N–H and O–H groups in total. The molecule has 0 amide bonds. The molecule has 0 aromatic carbocycles. The van der Waals surface area contributed by atoms with Crippen molar-refractivity contribution in [3.8, 4) is 0 Å². The van der Waals surface area contributed by atoms with E-state index < -0.39 is 5.97 Å². The van der Waals surface area contributed by atoms with Gasteiger partial charge in [0.25, 0.3) is 0 Å². The second-order valence-electron chi connectivity index (χ2n) is 2.10. The van der Waals surface area contributed by atoms with Crippen molar-refractivity contribution < 1.29 is 13.9 Å². The molecule has 0 aliphatic heterocycles. The highest BCUT2D eigenvalue weighted by molar-refractivity contribution is 8.13. The number of carbonyl (C=O) groups excluding carboxylic acids is 2. The summed E-state index contributed by atoms with van der Waals surface area (Å²) in [7, 11) is 0. The summed E-state index contributed by atoms with van der Waals surface area (Å²) >= 11 is 5.90. The van der Waals surface area contributed by atoms with Crippen LogP contribution in [0.3, 0.4) is 0 Å². The van der Waals surface area contributed by atoms with Crippen molar-refractivity contribution in [2.24, 2.45) is 5.92 Å². The van der Waals surface area contributed by atoms with Crippen LogP contribution in [0.5, 0.6) is 0 Å². The van der Waals surface area contributed by atoms with Crippen LogP contribution in [0.1, 0.15) is 13.8 Å². The molecule has 1 atom stereocenters. The molecule has 0 radical (unpaired) electrons. The number of rotatable bonds is 3. The molecule has 1 unspecified atom stereocenters. The van der Waals surface area contributed by atoms with Crippen molar-refractivity contribution >= 4 is 34.7 Å². The highest BCUT2D eigenvalue weighted by atomic mass is 35.5. The summed E-state index contributed by atoms with van der Waals surface area (Å²) < 4.78 is 3.95. The fraction of sp³-hybridized carbons (Fsp3) is 0.667. The van der Waals surface area contributed by atoms with E-state index in [-0.39, 0.29) is 11.0 Å². The van der Waals surface area contributed by atoms with Crippen LogP contribution in [0, 0.1) is 5.92 Å². The minimum atomic E-state index is -0.500. The van der Waals surface area contributed by atoms with Crippen molar-refractivity contribution in [2.75, 3.05) is 5.75 Å². The van der Waals surface area contributed by atoms with E-state index in [9.17, 15) is 9.59 Å². The van der Waals surface area contributed by atoms with Gasteiger partial charge in [0.05, 0.1) is 5.92 Å². The third-order valence-corrected chi connectivity index (χ3v) is 2.24. The topological polar surface area (TPSA) is 43.4 Å². The minimum Gasteiger partial charge on any atom is -0.347 e. The van der Waals surface area contributed by atoms with Gasteiger partial charge in [0.15, 0.2) is 5.12 Å². The van der Waals surface area contributed by atoms with Gasteiger partial charge >= 0.3 is 5.97 Å². The summed E-state index contributed by atoms with van der Waals surface area (Å²) in [5.74, 6) is -0.414. The van der Waals surface area contributed by atoms with Crippen LogP contribution in [-0.4, -0.2) is 16.8 Å². The highest BCUT2D eigenvalue weighted by Crippen LogP contribution is 2.10. The summed E-state index contributed by atoms with van der Waals surface area (Å²) in [5.41, 5.74) is 0. The zero-order valence-corrected chi connectivity index (χ0v) is 7.87. The zero-order valence-electron chi connectivity index (χ0n) is 6.30. The summed E-state index contributed by atoms with van der Waals surface area (Å²) in [6, 6.07) is 0. The van der Waals surface area contributed by atoms with E-state index in [1.165, 1.54) is 6.92 Å². The summed E-state index contributed by atoms with van der Waals surface area (Å²) in [5, 5.41) is -0.0146. The number of halogens is 1. The lowest BCUT2D eigenvalue weighted by atomic mass is 10.2. The number of carbonyl (C=O) groups is 2. The predicted octanol–water partition coefficient (Wildman–Crippen LogP) is 1.60. The van der Waals surface area contributed by atoms with Gasteiger partial charge in [0.1, 0.15) is 11.9 Å². The average Bonchev–Trinajstić information content (AvgIpc) is 1.98. The lowest BCUT2D eigenvalue weighted by molar-refractivity contribution is -0.137. The van der Waals surface area contributed by atoms with Crippen LogP contribution >= 0.6 is 23.6 Å². The third kappa shape index (κ3) is 5.09. The molecule has 0 bridgehead atoms. The van der Waals surface area contributed by atoms with Gasteiger partial charge in [-0.15, -0.1) is 0 Å². The Balaban J connectivity index is 3.60. The molecule has 0 saturated heterocycles. The Labute approximate surface area is 74.6 Å². The predicted molar refractivity (Wildman–Crippen MR) is 44.2 cm³/mol. The Morgan fingerprint density at radius 2 is 2.18 bits per heavy atom. The van der Waals surface area contributed by atoms with Crippen molar-refractivity contribution in [1.82, 2.24) is 0 Å². The first kappa shape index (κ1) is 10.8. The second kappa shape index (κ2) is 5.43. The van der Waals surface area contributed by atoms with Gasteiger partial charge < -0.3 is 4.29 Å². The maximum Gasteiger partial charge on any atom is 0.328 e. The molecule has 11 heavy (non-hydrogen) atoms. The monoisotopic (exact) mass is 196 g/mol. The maximum atomic E-state index is 10.6. The quantitative estimate of drug-likeness (QED) is 0.688. The van der Waals surface area contributed by atoms with Crippen molar-refractivity contribution in [3.05, 3.63) is 0 Å². The van der Waals surface area contributed by atoms with E-state index in [0.717, 1.165) is 11.8 Å². The Morgan fingerprint density at radius 1 is 1.64 bits per heavy atom. The maximum absolute atomic E-state index is 10.6. The minimum absolute atomic E-state index is 0.0146. The van der Waals surface area contributed by atoms with E-state index in [1.54, 1.807) is 6.92 Å². The van der Waals surface area contributed by atoms with Gasteiger partial charge in [-0.1, -0.05) is 18.7 Å². The van der Waals surface area contributed by atoms with E-state index in [1.807, 2.05) is 0 Å². The molecule has 0 heterocycles. The summed E-state index contributed by atoms with van der Waals surface area (Å²) in [4.78, 5) is 21.1. The zero-order chi connectivity index (χ0) is 8.85. The Kier molecular flexibility index (Phi) is 5.32. The lowest BCUT2D eigenvalue weighted by Crippen LogP contribution is -2.13. The van der Waals surface area contributed by atoms with Crippen LogP contribution in [-0.2, 0) is 13.9 Å². The molecule has 64 valence electrons. The first-order chi connectivity index (χ1) is 5.07. The molecule has 5 heteroatoms. The van der Waals surface area contributed by atoms with Crippen molar-refractivity contribution in [3.63, 3.8) is 0 Å². The van der Waals surface area contributed by atoms with Crippen LogP contribution in [0.25, 0.3) is 0 Å². The van der Waals surface area contributed by atoms with Crippen LogP contribution in [0.2, 0.25) is 0 Å². The van der Waals surface area contributed by atoms with Crippen LogP contribution in [0.15, 0.2) is 0 Å². The fourth-order valence-corrected chi connectivity index (χ4v) is 1.16. The average molecular weight is 197 g/mol. The van der Waals surface area contributed by atoms with E-state index in [0.29, 0.717) is 5.75 Å². The number of thioether (sulfide) groups is 1. The first-order valence-corrected chi connectivity index (χ1v) is 4.33. The summed E-state index contributed by atoms with van der Waals surface area (Å²) in [6.45, 7) is 3.10. The van der Waals surface area contributed by atoms with Gasteiger partial charge in [-0.2, -0.15) is 0 Å². The molecule has 0 aliphatic carbocycles. The highest BCUT2D eigenvalue weighted by Gasteiger charge is 2.14. The third-order valence-electron chi connectivity index (χ3n) is 1.02. The molecular weight excluding hydrogens is 188 g/mol.